The molecule has 0 aliphatic heterocycles. The highest BCUT2D eigenvalue weighted by Crippen LogP contribution is 2.23. The monoisotopic (exact) mass is 267 g/mol. The van der Waals surface area contributed by atoms with Gasteiger partial charge in [-0.25, -0.2) is 0 Å². The van der Waals surface area contributed by atoms with Crippen molar-refractivity contribution in [2.45, 2.75) is 52.1 Å². The Morgan fingerprint density at radius 2 is 2.16 bits per heavy atom. The molecule has 1 aromatic rings. The summed E-state index contributed by atoms with van der Waals surface area (Å²) in [6, 6.07) is 2.80. The molecule has 1 rings (SSSR count). The molecule has 0 aliphatic rings. The molecule has 0 saturated heterocycles. The lowest BCUT2D eigenvalue weighted by molar-refractivity contribution is -0.384. The van der Waals surface area contributed by atoms with Gasteiger partial charge in [0.1, 0.15) is 0 Å². The number of pyridine rings is 1. The minimum Gasteiger partial charge on any atom is -0.475 e. The number of rotatable bonds is 8. The molecule has 0 aromatic carbocycles. The van der Waals surface area contributed by atoms with Crippen LogP contribution in [0.3, 0.4) is 0 Å². The molecule has 1 aromatic heterocycles. The quantitative estimate of drug-likeness (QED) is 0.443. The smallest absolute Gasteiger partial charge is 0.311 e. The molecule has 0 bridgehead atoms. The number of nitrogens with zero attached hydrogens (tertiary/aromatic N) is 2. The number of unbranched alkanes of at least 4 members (excludes halogenated alkanes) is 3. The van der Waals surface area contributed by atoms with E-state index in [9.17, 15) is 10.1 Å². The predicted molar refractivity (Wildman–Crippen MR) is 74.2 cm³/mol. The van der Waals surface area contributed by atoms with Crippen molar-refractivity contribution in [2.24, 2.45) is 0 Å². The van der Waals surface area contributed by atoms with E-state index < -0.39 is 4.92 Å². The first kappa shape index (κ1) is 15.2. The summed E-state index contributed by atoms with van der Waals surface area (Å²) in [5.41, 5.74) is 5.31. The second-order valence-electron chi connectivity index (χ2n) is 4.59. The van der Waals surface area contributed by atoms with Crippen molar-refractivity contribution in [2.75, 3.05) is 5.73 Å². The Hall–Kier alpha value is -1.85. The largest absolute Gasteiger partial charge is 0.475 e. The van der Waals surface area contributed by atoms with E-state index in [4.69, 9.17) is 10.5 Å². The molecule has 19 heavy (non-hydrogen) atoms. The summed E-state index contributed by atoms with van der Waals surface area (Å²) in [7, 11) is 0. The molecule has 0 amide bonds. The molecule has 6 heteroatoms. The molecule has 6 nitrogen and oxygen atoms in total. The number of nitro groups is 1. The van der Waals surface area contributed by atoms with Gasteiger partial charge < -0.3 is 10.5 Å². The first-order valence-corrected chi connectivity index (χ1v) is 6.62. The van der Waals surface area contributed by atoms with Crippen molar-refractivity contribution in [1.29, 1.82) is 0 Å². The van der Waals surface area contributed by atoms with Gasteiger partial charge in [0.05, 0.1) is 11.0 Å². The molecule has 1 atom stereocenters. The summed E-state index contributed by atoms with van der Waals surface area (Å²) in [4.78, 5) is 13.9. The second kappa shape index (κ2) is 7.56. The topological polar surface area (TPSA) is 91.3 Å². The Balaban J connectivity index is 2.48. The Morgan fingerprint density at radius 1 is 1.42 bits per heavy atom. The lowest BCUT2D eigenvalue weighted by Gasteiger charge is -2.13. The van der Waals surface area contributed by atoms with E-state index in [2.05, 4.69) is 11.9 Å². The van der Waals surface area contributed by atoms with Gasteiger partial charge in [-0.2, -0.15) is 4.98 Å². The van der Waals surface area contributed by atoms with Crippen molar-refractivity contribution in [3.63, 3.8) is 0 Å². The van der Waals surface area contributed by atoms with Gasteiger partial charge in [-0.1, -0.05) is 26.2 Å². The van der Waals surface area contributed by atoms with Gasteiger partial charge in [0.2, 0.25) is 11.7 Å². The molecule has 1 unspecified atom stereocenters. The molecule has 0 aliphatic carbocycles. The van der Waals surface area contributed by atoms with E-state index in [1.807, 2.05) is 6.92 Å². The Labute approximate surface area is 113 Å². The number of hydrogen-bond donors (Lipinski definition) is 1. The Morgan fingerprint density at radius 3 is 2.74 bits per heavy atom. The summed E-state index contributed by atoms with van der Waals surface area (Å²) in [5, 5.41) is 10.6. The standard InChI is InChI=1S/C13H21N3O3/c1-3-4-5-6-7-10(2)19-12-9-8-11(16(17)18)13(14)15-12/h8-10H,3-7H2,1-2H3,(H2,14,15). The van der Waals surface area contributed by atoms with Crippen molar-refractivity contribution in [1.82, 2.24) is 4.98 Å². The zero-order valence-corrected chi connectivity index (χ0v) is 11.5. The third-order valence-electron chi connectivity index (χ3n) is 2.86. The number of anilines is 1. The normalized spacial score (nSPS) is 12.1. The first-order chi connectivity index (χ1) is 9.04. The maximum atomic E-state index is 10.6. The van der Waals surface area contributed by atoms with E-state index in [1.165, 1.54) is 31.4 Å². The maximum absolute atomic E-state index is 10.6. The van der Waals surface area contributed by atoms with Gasteiger partial charge in [0, 0.05) is 12.1 Å². The van der Waals surface area contributed by atoms with Crippen molar-refractivity contribution >= 4 is 11.5 Å². The van der Waals surface area contributed by atoms with Crippen LogP contribution in [-0.4, -0.2) is 16.0 Å². The van der Waals surface area contributed by atoms with E-state index in [0.29, 0.717) is 5.88 Å². The number of nitrogen functional groups attached to an aromatic ring is 1. The fourth-order valence-electron chi connectivity index (χ4n) is 1.79. The van der Waals surface area contributed by atoms with Crippen molar-refractivity contribution in [3.8, 4) is 5.88 Å². The van der Waals surface area contributed by atoms with Crippen LogP contribution in [0, 0.1) is 10.1 Å². The van der Waals surface area contributed by atoms with Crippen LogP contribution in [0.15, 0.2) is 12.1 Å². The van der Waals surface area contributed by atoms with Gasteiger partial charge in [-0.05, 0) is 19.8 Å². The third-order valence-corrected chi connectivity index (χ3v) is 2.86. The van der Waals surface area contributed by atoms with Crippen LogP contribution in [0.25, 0.3) is 0 Å². The van der Waals surface area contributed by atoms with E-state index in [-0.39, 0.29) is 17.6 Å². The highest BCUT2D eigenvalue weighted by atomic mass is 16.6. The number of hydrogen-bond acceptors (Lipinski definition) is 5. The van der Waals surface area contributed by atoms with Crippen LogP contribution in [0.4, 0.5) is 11.5 Å². The minimum atomic E-state index is -0.555. The van der Waals surface area contributed by atoms with Gasteiger partial charge in [0.15, 0.2) is 0 Å². The van der Waals surface area contributed by atoms with E-state index >= 15 is 0 Å². The average Bonchev–Trinajstić information content (AvgIpc) is 2.34. The summed E-state index contributed by atoms with van der Waals surface area (Å²) in [5.74, 6) is 0.228. The SMILES string of the molecule is CCCCCCC(C)Oc1ccc([N+](=O)[O-])c(N)n1. The summed E-state index contributed by atoms with van der Waals surface area (Å²) in [6.07, 6.45) is 5.71. The number of aromatic nitrogens is 1. The van der Waals surface area contributed by atoms with Crippen LogP contribution >= 0.6 is 0 Å². The highest BCUT2D eigenvalue weighted by molar-refractivity contribution is 5.53. The van der Waals surface area contributed by atoms with Crippen LogP contribution in [-0.2, 0) is 0 Å². The number of nitrogens with two attached hydrogens (primary N) is 1. The third kappa shape index (κ3) is 5.11. The molecular weight excluding hydrogens is 246 g/mol. The summed E-state index contributed by atoms with van der Waals surface area (Å²) < 4.78 is 5.60. The molecule has 106 valence electrons. The van der Waals surface area contributed by atoms with Crippen molar-refractivity contribution < 1.29 is 9.66 Å². The van der Waals surface area contributed by atoms with Crippen LogP contribution in [0.5, 0.6) is 5.88 Å². The zero-order valence-electron chi connectivity index (χ0n) is 11.5. The summed E-state index contributed by atoms with van der Waals surface area (Å²) in [6.45, 7) is 4.13. The predicted octanol–water partition coefficient (Wildman–Crippen LogP) is 3.31. The van der Waals surface area contributed by atoms with Gasteiger partial charge >= 0.3 is 5.69 Å². The molecule has 0 radical (unpaired) electrons. The maximum Gasteiger partial charge on any atom is 0.311 e. The lowest BCUT2D eigenvalue weighted by atomic mass is 10.1. The van der Waals surface area contributed by atoms with E-state index in [0.717, 1.165) is 12.8 Å². The summed E-state index contributed by atoms with van der Waals surface area (Å²) >= 11 is 0. The lowest BCUT2D eigenvalue weighted by Crippen LogP contribution is -2.13. The number of ether oxygens (including phenoxy) is 1. The Bertz CT molecular complexity index is 424. The molecular formula is C13H21N3O3. The molecule has 0 fully saturated rings. The fourth-order valence-corrected chi connectivity index (χ4v) is 1.79. The minimum absolute atomic E-state index is 0.0326. The van der Waals surface area contributed by atoms with E-state index in [1.54, 1.807) is 0 Å². The van der Waals surface area contributed by atoms with Gasteiger partial charge in [-0.3, -0.25) is 10.1 Å². The second-order valence-corrected chi connectivity index (χ2v) is 4.59. The average molecular weight is 267 g/mol. The molecule has 0 saturated carbocycles. The molecule has 0 spiro atoms. The van der Waals surface area contributed by atoms with Crippen LogP contribution in [0.2, 0.25) is 0 Å². The fraction of sp³-hybridized carbons (Fsp3) is 0.615. The van der Waals surface area contributed by atoms with Crippen LogP contribution in [0.1, 0.15) is 46.0 Å². The van der Waals surface area contributed by atoms with Crippen molar-refractivity contribution in [3.05, 3.63) is 22.2 Å². The molecule has 2 N–H and O–H groups in total. The van der Waals surface area contributed by atoms with Gasteiger partial charge in [-0.15, -0.1) is 0 Å². The van der Waals surface area contributed by atoms with Gasteiger partial charge in [0.25, 0.3) is 0 Å². The first-order valence-electron chi connectivity index (χ1n) is 6.62. The van der Waals surface area contributed by atoms with Crippen LogP contribution < -0.4 is 10.5 Å². The molecule has 1 heterocycles. The highest BCUT2D eigenvalue weighted by Gasteiger charge is 2.14. The Kier molecular flexibility index (Phi) is 6.05. The zero-order chi connectivity index (χ0) is 14.3.